The van der Waals surface area contributed by atoms with E-state index in [1.165, 1.54) is 0 Å². The molecule has 0 saturated carbocycles. The highest BCUT2D eigenvalue weighted by molar-refractivity contribution is 7.92. The number of hydrogen-bond donors (Lipinski definition) is 0. The van der Waals surface area contributed by atoms with E-state index in [0.717, 1.165) is 21.9 Å². The third kappa shape index (κ3) is 6.22. The number of halogens is 1. The zero-order valence-corrected chi connectivity index (χ0v) is 17.6. The molecule has 0 fully saturated rings. The van der Waals surface area contributed by atoms with Crippen LogP contribution < -0.4 is 0 Å². The van der Waals surface area contributed by atoms with E-state index in [1.807, 2.05) is 30.3 Å². The summed E-state index contributed by atoms with van der Waals surface area (Å²) in [6.07, 6.45) is 0. The van der Waals surface area contributed by atoms with E-state index in [0.29, 0.717) is 5.03 Å². The molecular formula is C16H27ClOSSi2. The number of hydrogen-bond acceptors (Lipinski definition) is 1. The van der Waals surface area contributed by atoms with E-state index in [-0.39, 0.29) is 0 Å². The lowest BCUT2D eigenvalue weighted by molar-refractivity contribution is 0.688. The van der Waals surface area contributed by atoms with Gasteiger partial charge in [-0.05, 0) is 11.6 Å². The van der Waals surface area contributed by atoms with Gasteiger partial charge in [0.1, 0.15) is 0 Å². The monoisotopic (exact) mass is 358 g/mol. The Morgan fingerprint density at radius 3 is 2.00 bits per heavy atom. The molecule has 0 saturated heterocycles. The van der Waals surface area contributed by atoms with Gasteiger partial charge in [0.05, 0.1) is 13.1 Å². The van der Waals surface area contributed by atoms with Crippen molar-refractivity contribution in [2.75, 3.05) is 5.75 Å². The van der Waals surface area contributed by atoms with Gasteiger partial charge in [-0.2, -0.15) is 0 Å². The van der Waals surface area contributed by atoms with Crippen LogP contribution in [0.3, 0.4) is 0 Å². The molecule has 5 heteroatoms. The first kappa shape index (κ1) is 18.9. The third-order valence-electron chi connectivity index (χ3n) is 3.17. The highest BCUT2D eigenvalue weighted by atomic mass is 35.5. The lowest BCUT2D eigenvalue weighted by Crippen LogP contribution is -2.30. The fourth-order valence-corrected chi connectivity index (χ4v) is 10.8. The second kappa shape index (κ2) is 7.40. The second-order valence-corrected chi connectivity index (χ2v) is 20.5. The van der Waals surface area contributed by atoms with Crippen LogP contribution in [-0.2, 0) is 10.8 Å². The minimum Gasteiger partial charge on any atom is -0.255 e. The summed E-state index contributed by atoms with van der Waals surface area (Å²) in [5.41, 5.74) is 0.984. The minimum atomic E-state index is -1.73. The van der Waals surface area contributed by atoms with Gasteiger partial charge in [-0.1, -0.05) is 81.2 Å². The van der Waals surface area contributed by atoms with Gasteiger partial charge in [0.25, 0.3) is 0 Å². The molecule has 1 unspecified atom stereocenters. The van der Waals surface area contributed by atoms with Gasteiger partial charge in [0, 0.05) is 29.2 Å². The first-order valence-corrected chi connectivity index (χ1v) is 16.3. The van der Waals surface area contributed by atoms with Crippen molar-refractivity contribution in [3.05, 3.63) is 40.4 Å². The summed E-state index contributed by atoms with van der Waals surface area (Å²) in [4.78, 5) is 0. The maximum absolute atomic E-state index is 12.9. The quantitative estimate of drug-likeness (QED) is 0.608. The van der Waals surface area contributed by atoms with E-state index in [1.54, 1.807) is 0 Å². The van der Waals surface area contributed by atoms with Crippen molar-refractivity contribution >= 4 is 43.6 Å². The molecule has 0 spiro atoms. The SMILES string of the molecule is C[Si](C)(C)CCS(=O)/C(=C(\Cl)c1ccccc1)[Si](C)(C)C. The zero-order chi connectivity index (χ0) is 16.3. The molecule has 0 heterocycles. The molecule has 0 radical (unpaired) electrons. The van der Waals surface area contributed by atoms with Crippen molar-refractivity contribution in [1.82, 2.24) is 0 Å². The van der Waals surface area contributed by atoms with Crippen LogP contribution in [0.4, 0.5) is 0 Å². The molecule has 0 amide bonds. The Bertz CT molecular complexity index is 527. The largest absolute Gasteiger partial charge is 0.255 e. The number of benzene rings is 1. The first-order valence-electron chi connectivity index (χ1n) is 7.36. The van der Waals surface area contributed by atoms with Gasteiger partial charge in [0.2, 0.25) is 0 Å². The van der Waals surface area contributed by atoms with Crippen LogP contribution in [-0.4, -0.2) is 26.1 Å². The fraction of sp³-hybridized carbons (Fsp3) is 0.500. The number of rotatable bonds is 6. The van der Waals surface area contributed by atoms with E-state index < -0.39 is 26.9 Å². The molecule has 1 nitrogen and oxygen atoms in total. The molecule has 1 aromatic carbocycles. The Kier molecular flexibility index (Phi) is 6.65. The van der Waals surface area contributed by atoms with Gasteiger partial charge < -0.3 is 0 Å². The van der Waals surface area contributed by atoms with Gasteiger partial charge in [-0.15, -0.1) is 0 Å². The van der Waals surface area contributed by atoms with Gasteiger partial charge in [-0.3, -0.25) is 4.21 Å². The normalized spacial score (nSPS) is 15.6. The van der Waals surface area contributed by atoms with Crippen molar-refractivity contribution in [1.29, 1.82) is 0 Å². The van der Waals surface area contributed by atoms with Crippen LogP contribution in [0.5, 0.6) is 0 Å². The summed E-state index contributed by atoms with van der Waals surface area (Å²) in [6, 6.07) is 11.0. The van der Waals surface area contributed by atoms with Gasteiger partial charge >= 0.3 is 0 Å². The van der Waals surface area contributed by atoms with Crippen molar-refractivity contribution in [3.8, 4) is 0 Å². The predicted molar refractivity (Wildman–Crippen MR) is 104 cm³/mol. The Labute approximate surface area is 139 Å². The van der Waals surface area contributed by atoms with Crippen LogP contribution in [0.2, 0.25) is 45.3 Å². The molecule has 1 aromatic rings. The summed E-state index contributed by atoms with van der Waals surface area (Å²) >= 11 is 6.63. The molecule has 118 valence electrons. The highest BCUT2D eigenvalue weighted by Crippen LogP contribution is 2.32. The minimum absolute atomic E-state index is 0.712. The highest BCUT2D eigenvalue weighted by Gasteiger charge is 2.29. The molecule has 0 N–H and O–H groups in total. The van der Waals surface area contributed by atoms with Crippen molar-refractivity contribution in [2.45, 2.75) is 45.3 Å². The smallest absolute Gasteiger partial charge is 0.0911 e. The average Bonchev–Trinajstić information content (AvgIpc) is 2.35. The summed E-state index contributed by atoms with van der Waals surface area (Å²) in [7, 11) is -3.87. The van der Waals surface area contributed by atoms with E-state index in [9.17, 15) is 4.21 Å². The molecule has 0 bridgehead atoms. The Balaban J connectivity index is 3.16. The van der Waals surface area contributed by atoms with Crippen LogP contribution in [0.15, 0.2) is 34.9 Å². The molecular weight excluding hydrogens is 332 g/mol. The van der Waals surface area contributed by atoms with Crippen LogP contribution in [0, 0.1) is 0 Å². The third-order valence-corrected chi connectivity index (χ3v) is 11.3. The molecule has 0 aromatic heterocycles. The Hall–Kier alpha value is -0.166. The van der Waals surface area contributed by atoms with Crippen LogP contribution in [0.1, 0.15) is 5.56 Å². The summed E-state index contributed by atoms with van der Waals surface area (Å²) in [5, 5.41) is 0.712. The lowest BCUT2D eigenvalue weighted by atomic mass is 10.2. The van der Waals surface area contributed by atoms with Crippen molar-refractivity contribution in [3.63, 3.8) is 0 Å². The molecule has 0 aliphatic carbocycles. The molecule has 0 aliphatic rings. The summed E-state index contributed by atoms with van der Waals surface area (Å²) < 4.78 is 13.9. The average molecular weight is 359 g/mol. The molecule has 1 rings (SSSR count). The molecule has 21 heavy (non-hydrogen) atoms. The van der Waals surface area contributed by atoms with Crippen molar-refractivity contribution < 1.29 is 4.21 Å². The van der Waals surface area contributed by atoms with Gasteiger partial charge in [-0.25, -0.2) is 0 Å². The van der Waals surface area contributed by atoms with Crippen LogP contribution in [0.25, 0.3) is 5.03 Å². The molecule has 1 atom stereocenters. The first-order chi connectivity index (χ1) is 9.52. The summed E-state index contributed by atoms with van der Waals surface area (Å²) in [5.74, 6) is 0.748. The van der Waals surface area contributed by atoms with Crippen LogP contribution >= 0.6 is 11.6 Å². The van der Waals surface area contributed by atoms with E-state index in [2.05, 4.69) is 39.3 Å². The maximum Gasteiger partial charge on any atom is 0.0911 e. The lowest BCUT2D eigenvalue weighted by Gasteiger charge is -2.24. The van der Waals surface area contributed by atoms with Crippen molar-refractivity contribution in [2.24, 2.45) is 0 Å². The predicted octanol–water partition coefficient (Wildman–Crippen LogP) is 5.56. The zero-order valence-electron chi connectivity index (χ0n) is 14.0. The standard InChI is InChI=1S/C16H27ClOSSi2/c1-20(2,3)13-12-19(18)16(21(4,5)6)15(17)14-10-8-7-9-11-14/h7-11H,12-13H2,1-6H3/b16-15+. The molecule has 0 aliphatic heterocycles. The van der Waals surface area contributed by atoms with E-state index in [4.69, 9.17) is 11.6 Å². The van der Waals surface area contributed by atoms with Gasteiger partial charge in [0.15, 0.2) is 0 Å². The second-order valence-electron chi connectivity index (χ2n) is 7.62. The fourth-order valence-electron chi connectivity index (χ4n) is 1.99. The topological polar surface area (TPSA) is 17.1 Å². The maximum atomic E-state index is 12.9. The Morgan fingerprint density at radius 2 is 1.57 bits per heavy atom. The summed E-state index contributed by atoms with van der Waals surface area (Å²) in [6.45, 7) is 13.6. The van der Waals surface area contributed by atoms with E-state index >= 15 is 0 Å². The Morgan fingerprint density at radius 1 is 1.05 bits per heavy atom.